The summed E-state index contributed by atoms with van der Waals surface area (Å²) >= 11 is 0. The van der Waals surface area contributed by atoms with Gasteiger partial charge in [0.05, 0.1) is 0 Å². The number of hydrogen-bond acceptors (Lipinski definition) is 3. The minimum Gasteiger partial charge on any atom is -0.243 e. The largest absolute Gasteiger partial charge is 0.252 e. The number of pyridine rings is 1. The van der Waals surface area contributed by atoms with Gasteiger partial charge in [-0.15, -0.1) is 0 Å². The molecule has 1 aromatic rings. The molecule has 4 nitrogen and oxygen atoms in total. The van der Waals surface area contributed by atoms with E-state index in [-0.39, 0.29) is 5.03 Å². The highest BCUT2D eigenvalue weighted by atomic mass is 32.2. The Morgan fingerprint density at radius 2 is 2.00 bits per heavy atom. The summed E-state index contributed by atoms with van der Waals surface area (Å²) in [5.41, 5.74) is 0. The zero-order valence-corrected chi connectivity index (χ0v) is 12.6. The first-order chi connectivity index (χ1) is 7.73. The van der Waals surface area contributed by atoms with Gasteiger partial charge in [-0.2, -0.15) is 0 Å². The Bertz CT molecular complexity index is 458. The highest BCUT2D eigenvalue weighted by Crippen LogP contribution is 2.16. The predicted octanol–water partition coefficient (Wildman–Crippen LogP) is 2.22. The van der Waals surface area contributed by atoms with E-state index in [1.54, 1.807) is 12.1 Å². The highest BCUT2D eigenvalue weighted by Gasteiger charge is 2.29. The molecule has 0 amide bonds. The molecule has 6 heteroatoms. The molecule has 0 unspecified atom stereocenters. The van der Waals surface area contributed by atoms with Crippen LogP contribution in [0.2, 0.25) is 19.1 Å². The van der Waals surface area contributed by atoms with Gasteiger partial charge < -0.3 is 0 Å². The summed E-state index contributed by atoms with van der Waals surface area (Å²) < 4.78 is 27.0. The molecular formula is C11H20N2O2SSi. The Labute approximate surface area is 105 Å². The van der Waals surface area contributed by atoms with E-state index in [0.29, 0.717) is 5.92 Å². The molecule has 0 bridgehead atoms. The van der Waals surface area contributed by atoms with Gasteiger partial charge in [-0.1, -0.05) is 33.0 Å². The summed E-state index contributed by atoms with van der Waals surface area (Å²) in [6.07, 6.45) is 1.49. The number of nitrogens with zero attached hydrogens (tertiary/aromatic N) is 1. The van der Waals surface area contributed by atoms with Crippen molar-refractivity contribution in [2.24, 2.45) is 5.92 Å². The molecule has 0 aliphatic heterocycles. The Morgan fingerprint density at radius 3 is 2.47 bits per heavy atom. The van der Waals surface area contributed by atoms with Crippen LogP contribution in [0.1, 0.15) is 13.8 Å². The van der Waals surface area contributed by atoms with Crippen molar-refractivity contribution in [2.75, 3.05) is 0 Å². The second-order valence-corrected chi connectivity index (χ2v) is 11.7. The number of nitrogens with one attached hydrogen (secondary N) is 1. The van der Waals surface area contributed by atoms with Gasteiger partial charge in [-0.25, -0.2) is 17.8 Å². The molecule has 96 valence electrons. The summed E-state index contributed by atoms with van der Waals surface area (Å²) in [7, 11) is -5.43. The van der Waals surface area contributed by atoms with Crippen molar-refractivity contribution in [2.45, 2.75) is 38.0 Å². The third kappa shape index (κ3) is 4.57. The molecule has 0 atom stereocenters. The standard InChI is InChI=1S/C11H20N2O2SSi/c1-10(2)9-17(3,4)13-16(14,15)11-7-5-6-8-12-11/h5-8,10,13H,9H2,1-4H3. The fourth-order valence-electron chi connectivity index (χ4n) is 1.98. The fourth-order valence-corrected chi connectivity index (χ4v) is 8.14. The van der Waals surface area contributed by atoms with Crippen LogP contribution in [0.15, 0.2) is 29.4 Å². The Kier molecular flexibility index (Phi) is 4.46. The molecule has 0 radical (unpaired) electrons. The highest BCUT2D eigenvalue weighted by molar-refractivity contribution is 7.90. The summed E-state index contributed by atoms with van der Waals surface area (Å²) in [5, 5.41) is 0.101. The zero-order chi connectivity index (χ0) is 13.1. The number of aromatic nitrogens is 1. The van der Waals surface area contributed by atoms with Gasteiger partial charge in [-0.3, -0.25) is 0 Å². The van der Waals surface area contributed by atoms with Crippen LogP contribution in [0.5, 0.6) is 0 Å². The average molecular weight is 272 g/mol. The van der Waals surface area contributed by atoms with Gasteiger partial charge in [0.25, 0.3) is 10.0 Å². The molecule has 1 heterocycles. The van der Waals surface area contributed by atoms with Gasteiger partial charge >= 0.3 is 0 Å². The molecule has 0 spiro atoms. The topological polar surface area (TPSA) is 59.1 Å². The normalized spacial score (nSPS) is 13.0. The molecule has 0 fully saturated rings. The maximum Gasteiger partial charge on any atom is 0.252 e. The van der Waals surface area contributed by atoms with E-state index in [0.717, 1.165) is 6.04 Å². The Hall–Kier alpha value is -0.723. The quantitative estimate of drug-likeness (QED) is 0.836. The van der Waals surface area contributed by atoms with E-state index in [1.165, 1.54) is 12.3 Å². The first-order valence-corrected chi connectivity index (χ1v) is 10.4. The second-order valence-electron chi connectivity index (χ2n) is 5.26. The third-order valence-electron chi connectivity index (χ3n) is 2.24. The minimum absolute atomic E-state index is 0.101. The zero-order valence-electron chi connectivity index (χ0n) is 10.8. The Morgan fingerprint density at radius 1 is 1.35 bits per heavy atom. The number of rotatable bonds is 5. The van der Waals surface area contributed by atoms with Crippen molar-refractivity contribution in [1.29, 1.82) is 0 Å². The molecule has 1 aromatic heterocycles. The molecule has 1 N–H and O–H groups in total. The van der Waals surface area contributed by atoms with Gasteiger partial charge in [0.2, 0.25) is 0 Å². The number of hydrogen-bond donors (Lipinski definition) is 1. The first kappa shape index (κ1) is 14.3. The summed E-state index contributed by atoms with van der Waals surface area (Å²) in [4.78, 5) is 3.89. The maximum atomic E-state index is 12.1. The molecule has 1 rings (SSSR count). The Balaban J connectivity index is 2.88. The SMILES string of the molecule is CC(C)C[Si](C)(C)NS(=O)(=O)c1ccccn1. The molecule has 0 aromatic carbocycles. The lowest BCUT2D eigenvalue weighted by atomic mass is 10.3. The predicted molar refractivity (Wildman–Crippen MR) is 71.7 cm³/mol. The van der Waals surface area contributed by atoms with Crippen LogP contribution in [-0.2, 0) is 10.0 Å². The number of sulfonamides is 1. The van der Waals surface area contributed by atoms with Crippen LogP contribution in [0.4, 0.5) is 0 Å². The average Bonchev–Trinajstić information content (AvgIpc) is 2.15. The van der Waals surface area contributed by atoms with Gasteiger partial charge in [0, 0.05) is 6.20 Å². The first-order valence-electron chi connectivity index (χ1n) is 5.68. The van der Waals surface area contributed by atoms with E-state index >= 15 is 0 Å². The van der Waals surface area contributed by atoms with Crippen molar-refractivity contribution in [3.8, 4) is 0 Å². The van der Waals surface area contributed by atoms with Crippen LogP contribution in [0, 0.1) is 5.92 Å². The summed E-state index contributed by atoms with van der Waals surface area (Å²) in [5.74, 6) is 0.489. The maximum absolute atomic E-state index is 12.1. The smallest absolute Gasteiger partial charge is 0.243 e. The van der Waals surface area contributed by atoms with E-state index in [9.17, 15) is 8.42 Å². The third-order valence-corrected chi connectivity index (χ3v) is 8.16. The van der Waals surface area contributed by atoms with E-state index in [4.69, 9.17) is 0 Å². The lowest BCUT2D eigenvalue weighted by Crippen LogP contribution is -2.48. The molecule has 0 saturated carbocycles. The summed E-state index contributed by atoms with van der Waals surface area (Å²) in [6, 6.07) is 5.82. The monoisotopic (exact) mass is 272 g/mol. The fraction of sp³-hybridized carbons (Fsp3) is 0.545. The molecule has 0 aliphatic rings. The lowest BCUT2D eigenvalue weighted by Gasteiger charge is -2.25. The molecule has 0 aliphatic carbocycles. The van der Waals surface area contributed by atoms with Crippen LogP contribution in [0.3, 0.4) is 0 Å². The van der Waals surface area contributed by atoms with Crippen molar-refractivity contribution >= 4 is 18.3 Å². The lowest BCUT2D eigenvalue weighted by molar-refractivity contribution is 0.588. The van der Waals surface area contributed by atoms with Crippen LogP contribution < -0.4 is 4.39 Å². The van der Waals surface area contributed by atoms with E-state index in [1.807, 2.05) is 13.1 Å². The second kappa shape index (κ2) is 5.28. The van der Waals surface area contributed by atoms with Crippen LogP contribution in [-0.4, -0.2) is 21.6 Å². The molecule has 0 saturated heterocycles. The van der Waals surface area contributed by atoms with Crippen LogP contribution >= 0.6 is 0 Å². The van der Waals surface area contributed by atoms with Crippen molar-refractivity contribution in [3.05, 3.63) is 24.4 Å². The summed E-state index contributed by atoms with van der Waals surface area (Å²) in [6.45, 7) is 8.24. The van der Waals surface area contributed by atoms with E-state index < -0.39 is 18.3 Å². The van der Waals surface area contributed by atoms with Gasteiger partial charge in [0.15, 0.2) is 5.03 Å². The van der Waals surface area contributed by atoms with Gasteiger partial charge in [-0.05, 0) is 24.1 Å². The molecule has 17 heavy (non-hydrogen) atoms. The molecular weight excluding hydrogens is 252 g/mol. The minimum atomic E-state index is -3.46. The van der Waals surface area contributed by atoms with Crippen molar-refractivity contribution < 1.29 is 8.42 Å². The van der Waals surface area contributed by atoms with Crippen molar-refractivity contribution in [1.82, 2.24) is 9.37 Å². The van der Waals surface area contributed by atoms with Gasteiger partial charge in [0.1, 0.15) is 8.24 Å². The van der Waals surface area contributed by atoms with E-state index in [2.05, 4.69) is 23.2 Å². The van der Waals surface area contributed by atoms with Crippen LogP contribution in [0.25, 0.3) is 0 Å². The van der Waals surface area contributed by atoms with Crippen molar-refractivity contribution in [3.63, 3.8) is 0 Å².